The Morgan fingerprint density at radius 2 is 1.52 bits per heavy atom. The zero-order valence-corrected chi connectivity index (χ0v) is 14.1. The molecule has 4 heteroatoms. The zero-order chi connectivity index (χ0) is 16.3. The molecule has 3 rings (SSSR count). The van der Waals surface area contributed by atoms with Crippen LogP contribution in [-0.2, 0) is 13.6 Å². The van der Waals surface area contributed by atoms with Gasteiger partial charge in [-0.15, -0.1) is 0 Å². The SMILES string of the molecule is CCOP1(=O)OC(C)=C(c2ccccc2)C=C1c1ccccc1. The lowest BCUT2D eigenvalue weighted by Crippen LogP contribution is -2.04. The third-order valence-electron chi connectivity index (χ3n) is 3.67. The van der Waals surface area contributed by atoms with E-state index in [1.807, 2.05) is 80.6 Å². The summed E-state index contributed by atoms with van der Waals surface area (Å²) in [6, 6.07) is 19.5. The van der Waals surface area contributed by atoms with Crippen molar-refractivity contribution >= 4 is 18.5 Å². The van der Waals surface area contributed by atoms with E-state index in [0.29, 0.717) is 17.7 Å². The Morgan fingerprint density at radius 3 is 2.09 bits per heavy atom. The van der Waals surface area contributed by atoms with Crippen molar-refractivity contribution in [3.8, 4) is 0 Å². The maximum Gasteiger partial charge on any atom is 0.411 e. The highest BCUT2D eigenvalue weighted by atomic mass is 31.2. The van der Waals surface area contributed by atoms with Gasteiger partial charge in [0.25, 0.3) is 0 Å². The summed E-state index contributed by atoms with van der Waals surface area (Å²) in [5.41, 5.74) is 2.81. The fourth-order valence-corrected chi connectivity index (χ4v) is 4.46. The number of allylic oxidation sites excluding steroid dienone is 3. The molecule has 3 nitrogen and oxygen atoms in total. The van der Waals surface area contributed by atoms with E-state index < -0.39 is 7.60 Å². The molecule has 0 bridgehead atoms. The minimum absolute atomic E-state index is 0.329. The molecule has 2 aromatic rings. The summed E-state index contributed by atoms with van der Waals surface area (Å²) in [7, 11) is -3.36. The summed E-state index contributed by atoms with van der Waals surface area (Å²) >= 11 is 0. The van der Waals surface area contributed by atoms with Crippen LogP contribution in [0.15, 0.2) is 72.5 Å². The molecule has 2 aromatic carbocycles. The van der Waals surface area contributed by atoms with Crippen molar-refractivity contribution in [1.29, 1.82) is 0 Å². The highest BCUT2D eigenvalue weighted by Gasteiger charge is 2.36. The van der Waals surface area contributed by atoms with Crippen molar-refractivity contribution < 1.29 is 13.6 Å². The van der Waals surface area contributed by atoms with E-state index in [-0.39, 0.29) is 0 Å². The molecule has 0 radical (unpaired) electrons. The monoisotopic (exact) mass is 326 g/mol. The molecule has 1 atom stereocenters. The normalized spacial score (nSPS) is 20.9. The van der Waals surface area contributed by atoms with E-state index in [2.05, 4.69) is 0 Å². The molecular formula is C19H19O3P. The zero-order valence-electron chi connectivity index (χ0n) is 13.2. The first-order valence-electron chi connectivity index (χ1n) is 7.62. The summed E-state index contributed by atoms with van der Waals surface area (Å²) in [4.78, 5) is 0. The quantitative estimate of drug-likeness (QED) is 0.674. The van der Waals surface area contributed by atoms with Crippen LogP contribution in [-0.4, -0.2) is 6.61 Å². The van der Waals surface area contributed by atoms with Gasteiger partial charge in [-0.25, -0.2) is 4.57 Å². The van der Waals surface area contributed by atoms with E-state index in [9.17, 15) is 4.57 Å². The van der Waals surface area contributed by atoms with Gasteiger partial charge in [-0.05, 0) is 31.1 Å². The lowest BCUT2D eigenvalue weighted by atomic mass is 10.0. The minimum Gasteiger partial charge on any atom is -0.425 e. The van der Waals surface area contributed by atoms with Crippen molar-refractivity contribution in [2.45, 2.75) is 13.8 Å². The summed E-state index contributed by atoms with van der Waals surface area (Å²) in [6.45, 7) is 3.97. The fraction of sp³-hybridized carbons (Fsp3) is 0.158. The summed E-state index contributed by atoms with van der Waals surface area (Å²) in [5.74, 6) is 0.618. The number of hydrogen-bond donors (Lipinski definition) is 0. The van der Waals surface area contributed by atoms with Crippen LogP contribution < -0.4 is 0 Å². The first-order valence-corrected chi connectivity index (χ1v) is 9.16. The number of benzene rings is 2. The lowest BCUT2D eigenvalue weighted by molar-refractivity contribution is 0.261. The highest BCUT2D eigenvalue weighted by molar-refractivity contribution is 7.65. The lowest BCUT2D eigenvalue weighted by Gasteiger charge is -2.27. The second-order valence-electron chi connectivity index (χ2n) is 5.24. The molecule has 0 amide bonds. The average Bonchev–Trinajstić information content (AvgIpc) is 2.56. The van der Waals surface area contributed by atoms with Crippen molar-refractivity contribution in [3.63, 3.8) is 0 Å². The Bertz CT molecular complexity index is 792. The smallest absolute Gasteiger partial charge is 0.411 e. The van der Waals surface area contributed by atoms with E-state index in [1.165, 1.54) is 0 Å². The van der Waals surface area contributed by atoms with Crippen LogP contribution in [0.3, 0.4) is 0 Å². The van der Waals surface area contributed by atoms with Crippen LogP contribution in [0.1, 0.15) is 25.0 Å². The molecule has 0 N–H and O–H groups in total. The van der Waals surface area contributed by atoms with E-state index in [1.54, 1.807) is 0 Å². The van der Waals surface area contributed by atoms with Gasteiger partial charge in [-0.2, -0.15) is 0 Å². The molecular weight excluding hydrogens is 307 g/mol. The van der Waals surface area contributed by atoms with Crippen LogP contribution >= 0.6 is 7.60 Å². The predicted octanol–water partition coefficient (Wildman–Crippen LogP) is 5.72. The highest BCUT2D eigenvalue weighted by Crippen LogP contribution is 2.64. The summed E-state index contributed by atoms with van der Waals surface area (Å²) in [6.07, 6.45) is 1.93. The number of hydrogen-bond acceptors (Lipinski definition) is 3. The molecule has 1 unspecified atom stereocenters. The van der Waals surface area contributed by atoms with Gasteiger partial charge in [0.2, 0.25) is 0 Å². The molecule has 0 spiro atoms. The number of rotatable bonds is 4. The van der Waals surface area contributed by atoms with Crippen LogP contribution in [0.4, 0.5) is 0 Å². The van der Waals surface area contributed by atoms with Crippen LogP contribution in [0.5, 0.6) is 0 Å². The molecule has 23 heavy (non-hydrogen) atoms. The van der Waals surface area contributed by atoms with E-state index in [4.69, 9.17) is 9.05 Å². The molecule has 0 saturated heterocycles. The first kappa shape index (κ1) is 15.8. The average molecular weight is 326 g/mol. The van der Waals surface area contributed by atoms with Gasteiger partial charge in [-0.3, -0.25) is 4.52 Å². The Kier molecular flexibility index (Phi) is 4.51. The maximum absolute atomic E-state index is 13.2. The Morgan fingerprint density at radius 1 is 0.957 bits per heavy atom. The molecule has 1 aliphatic heterocycles. The molecule has 0 aliphatic carbocycles. The largest absolute Gasteiger partial charge is 0.425 e. The molecule has 1 aliphatic rings. The molecule has 1 heterocycles. The maximum atomic E-state index is 13.2. The van der Waals surface area contributed by atoms with E-state index >= 15 is 0 Å². The first-order chi connectivity index (χ1) is 11.1. The Balaban J connectivity index is 2.15. The van der Waals surface area contributed by atoms with Crippen molar-refractivity contribution in [2.24, 2.45) is 0 Å². The molecule has 0 aromatic heterocycles. The third-order valence-corrected chi connectivity index (χ3v) is 5.76. The molecule has 0 saturated carbocycles. The van der Waals surface area contributed by atoms with Crippen molar-refractivity contribution in [1.82, 2.24) is 0 Å². The van der Waals surface area contributed by atoms with Crippen molar-refractivity contribution in [3.05, 3.63) is 83.6 Å². The van der Waals surface area contributed by atoms with Gasteiger partial charge in [0.1, 0.15) is 5.76 Å². The van der Waals surface area contributed by atoms with Crippen LogP contribution in [0.25, 0.3) is 10.9 Å². The third kappa shape index (κ3) is 3.17. The standard InChI is InChI=1S/C19H19O3P/c1-3-21-23(20)19(17-12-8-5-9-13-17)14-18(15(2)22-23)16-10-6-4-7-11-16/h4-14H,3H2,1-2H3. The summed E-state index contributed by atoms with van der Waals surface area (Å²) < 4.78 is 24.5. The predicted molar refractivity (Wildman–Crippen MR) is 93.8 cm³/mol. The summed E-state index contributed by atoms with van der Waals surface area (Å²) in [5, 5.41) is 0.601. The Hall–Kier alpha value is -2.09. The van der Waals surface area contributed by atoms with Crippen molar-refractivity contribution in [2.75, 3.05) is 6.61 Å². The van der Waals surface area contributed by atoms with Gasteiger partial charge in [0.05, 0.1) is 11.9 Å². The van der Waals surface area contributed by atoms with Crippen LogP contribution in [0, 0.1) is 0 Å². The van der Waals surface area contributed by atoms with Crippen LogP contribution in [0.2, 0.25) is 0 Å². The second kappa shape index (κ2) is 6.57. The molecule has 0 fully saturated rings. The second-order valence-corrected chi connectivity index (χ2v) is 7.16. The molecule has 118 valence electrons. The van der Waals surface area contributed by atoms with Gasteiger partial charge >= 0.3 is 7.60 Å². The van der Waals surface area contributed by atoms with Gasteiger partial charge in [-0.1, -0.05) is 60.7 Å². The van der Waals surface area contributed by atoms with Gasteiger partial charge in [0, 0.05) is 5.57 Å². The minimum atomic E-state index is -3.36. The Labute approximate surface area is 136 Å². The van der Waals surface area contributed by atoms with Gasteiger partial charge < -0.3 is 4.52 Å². The van der Waals surface area contributed by atoms with Gasteiger partial charge in [0.15, 0.2) is 0 Å². The fourth-order valence-electron chi connectivity index (χ4n) is 2.62. The topological polar surface area (TPSA) is 35.5 Å². The van der Waals surface area contributed by atoms with E-state index in [0.717, 1.165) is 16.7 Å².